The van der Waals surface area contributed by atoms with Crippen LogP contribution in [0.25, 0.3) is 0 Å². The fraction of sp³-hybridized carbons (Fsp3) is 0.250. The van der Waals surface area contributed by atoms with Gasteiger partial charge in [0.2, 0.25) is 5.88 Å². The molecule has 9 heteroatoms. The Balaban J connectivity index is 1.63. The van der Waals surface area contributed by atoms with Crippen molar-refractivity contribution in [1.82, 2.24) is 20.1 Å². The van der Waals surface area contributed by atoms with Gasteiger partial charge in [-0.1, -0.05) is 18.2 Å². The highest BCUT2D eigenvalue weighted by molar-refractivity contribution is 5.94. The quantitative estimate of drug-likeness (QED) is 0.486. The topological polar surface area (TPSA) is 112 Å². The van der Waals surface area contributed by atoms with E-state index in [-0.39, 0.29) is 11.6 Å². The summed E-state index contributed by atoms with van der Waals surface area (Å²) in [4.78, 5) is 27.1. The number of nitrogens with one attached hydrogen (secondary N) is 1. The Bertz CT molecular complexity index is 1030. The van der Waals surface area contributed by atoms with Gasteiger partial charge in [0.15, 0.2) is 0 Å². The monoisotopic (exact) mass is 395 g/mol. The molecule has 0 atom stereocenters. The van der Waals surface area contributed by atoms with Gasteiger partial charge < -0.3 is 10.1 Å². The van der Waals surface area contributed by atoms with Crippen molar-refractivity contribution in [2.75, 3.05) is 7.11 Å². The SMILES string of the molecule is COc1ccc(CNC(=O)c2ccc(Cn3nc(C)c([N+](=O)[O-])c3C)cc2)cn1. The minimum Gasteiger partial charge on any atom is -0.481 e. The predicted molar refractivity (Wildman–Crippen MR) is 106 cm³/mol. The van der Waals surface area contributed by atoms with Crippen molar-refractivity contribution in [3.8, 4) is 5.88 Å². The molecular weight excluding hydrogens is 374 g/mol. The Morgan fingerprint density at radius 1 is 1.17 bits per heavy atom. The first-order valence-electron chi connectivity index (χ1n) is 8.93. The highest BCUT2D eigenvalue weighted by Gasteiger charge is 2.21. The normalized spacial score (nSPS) is 10.6. The zero-order valence-electron chi connectivity index (χ0n) is 16.4. The summed E-state index contributed by atoms with van der Waals surface area (Å²) in [6, 6.07) is 10.6. The van der Waals surface area contributed by atoms with Crippen LogP contribution in [0, 0.1) is 24.0 Å². The number of nitro groups is 1. The van der Waals surface area contributed by atoms with E-state index in [4.69, 9.17) is 4.74 Å². The summed E-state index contributed by atoms with van der Waals surface area (Å²) in [6.07, 6.45) is 1.65. The van der Waals surface area contributed by atoms with Gasteiger partial charge in [0, 0.05) is 24.4 Å². The number of benzene rings is 1. The smallest absolute Gasteiger partial charge is 0.312 e. The van der Waals surface area contributed by atoms with Gasteiger partial charge in [-0.3, -0.25) is 19.6 Å². The average molecular weight is 395 g/mol. The second-order valence-corrected chi connectivity index (χ2v) is 6.52. The first-order chi connectivity index (χ1) is 13.9. The van der Waals surface area contributed by atoms with Gasteiger partial charge in [0.05, 0.1) is 18.6 Å². The van der Waals surface area contributed by atoms with E-state index in [1.165, 1.54) is 0 Å². The molecule has 3 aromatic rings. The number of methoxy groups -OCH3 is 1. The maximum atomic E-state index is 12.3. The second-order valence-electron chi connectivity index (χ2n) is 6.52. The highest BCUT2D eigenvalue weighted by atomic mass is 16.6. The Kier molecular flexibility index (Phi) is 5.87. The fourth-order valence-corrected chi connectivity index (χ4v) is 2.96. The lowest BCUT2D eigenvalue weighted by Crippen LogP contribution is -2.22. The zero-order chi connectivity index (χ0) is 21.0. The molecule has 0 spiro atoms. The van der Waals surface area contributed by atoms with E-state index in [2.05, 4.69) is 15.4 Å². The molecule has 0 aliphatic rings. The van der Waals surface area contributed by atoms with Crippen LogP contribution in [0.2, 0.25) is 0 Å². The summed E-state index contributed by atoms with van der Waals surface area (Å²) in [5, 5.41) is 18.2. The number of pyridine rings is 1. The molecule has 1 N–H and O–H groups in total. The third kappa shape index (κ3) is 4.57. The molecule has 9 nitrogen and oxygen atoms in total. The van der Waals surface area contributed by atoms with Gasteiger partial charge in [-0.2, -0.15) is 5.10 Å². The standard InChI is InChI=1S/C20H21N5O4/c1-13-19(25(27)28)14(2)24(23-13)12-15-4-7-17(8-5-15)20(26)22-11-16-6-9-18(29-3)21-10-16/h4-10H,11-12H2,1-3H3,(H,22,26). The Labute approximate surface area is 167 Å². The van der Waals surface area contributed by atoms with Crippen molar-refractivity contribution < 1.29 is 14.5 Å². The fourth-order valence-electron chi connectivity index (χ4n) is 2.96. The molecule has 1 amide bonds. The number of hydrogen-bond acceptors (Lipinski definition) is 6. The summed E-state index contributed by atoms with van der Waals surface area (Å²) in [5.41, 5.74) is 3.20. The van der Waals surface area contributed by atoms with Gasteiger partial charge in [0.1, 0.15) is 11.4 Å². The Morgan fingerprint density at radius 2 is 1.86 bits per heavy atom. The lowest BCUT2D eigenvalue weighted by molar-refractivity contribution is -0.386. The average Bonchev–Trinajstić information content (AvgIpc) is 3.00. The maximum absolute atomic E-state index is 12.3. The van der Waals surface area contributed by atoms with Crippen molar-refractivity contribution in [3.63, 3.8) is 0 Å². The van der Waals surface area contributed by atoms with Crippen molar-refractivity contribution in [1.29, 1.82) is 0 Å². The van der Waals surface area contributed by atoms with E-state index in [1.54, 1.807) is 50.0 Å². The molecule has 3 rings (SSSR count). The van der Waals surface area contributed by atoms with Crippen LogP contribution in [0.3, 0.4) is 0 Å². The minimum absolute atomic E-state index is 0.0361. The van der Waals surface area contributed by atoms with Crippen molar-refractivity contribution in [3.05, 3.63) is 80.8 Å². The molecule has 0 radical (unpaired) electrons. The number of aryl methyl sites for hydroxylation is 1. The third-order valence-corrected chi connectivity index (χ3v) is 4.53. The molecule has 0 aliphatic carbocycles. The molecule has 0 saturated carbocycles. The van der Waals surface area contributed by atoms with Crippen molar-refractivity contribution >= 4 is 11.6 Å². The van der Waals surface area contributed by atoms with Gasteiger partial charge in [0.25, 0.3) is 5.91 Å². The van der Waals surface area contributed by atoms with Crippen LogP contribution in [0.4, 0.5) is 5.69 Å². The molecule has 150 valence electrons. The highest BCUT2D eigenvalue weighted by Crippen LogP contribution is 2.22. The lowest BCUT2D eigenvalue weighted by Gasteiger charge is -2.08. The van der Waals surface area contributed by atoms with Crippen LogP contribution in [0.5, 0.6) is 5.88 Å². The molecule has 2 heterocycles. The number of amides is 1. The largest absolute Gasteiger partial charge is 0.481 e. The van der Waals surface area contributed by atoms with Crippen molar-refractivity contribution in [2.24, 2.45) is 0 Å². The molecular formula is C20H21N5O4. The van der Waals surface area contributed by atoms with Gasteiger partial charge in [-0.15, -0.1) is 0 Å². The van der Waals surface area contributed by atoms with Crippen LogP contribution in [0.15, 0.2) is 42.6 Å². The summed E-state index contributed by atoms with van der Waals surface area (Å²) >= 11 is 0. The minimum atomic E-state index is -0.417. The molecule has 0 unspecified atom stereocenters. The van der Waals surface area contributed by atoms with E-state index in [1.807, 2.05) is 18.2 Å². The number of hydrogen-bond donors (Lipinski definition) is 1. The summed E-state index contributed by atoms with van der Waals surface area (Å²) < 4.78 is 6.60. The number of aromatic nitrogens is 3. The maximum Gasteiger partial charge on any atom is 0.312 e. The van der Waals surface area contributed by atoms with Crippen LogP contribution in [0.1, 0.15) is 32.9 Å². The number of carbonyl (C=O) groups excluding carboxylic acids is 1. The van der Waals surface area contributed by atoms with Gasteiger partial charge in [-0.05, 0) is 37.1 Å². The van der Waals surface area contributed by atoms with Gasteiger partial charge >= 0.3 is 5.69 Å². The molecule has 0 bridgehead atoms. The second kappa shape index (κ2) is 8.51. The van der Waals surface area contributed by atoms with E-state index >= 15 is 0 Å². The van der Waals surface area contributed by atoms with Gasteiger partial charge in [-0.25, -0.2) is 4.98 Å². The van der Waals surface area contributed by atoms with E-state index in [0.29, 0.717) is 35.9 Å². The number of carbonyl (C=O) groups is 1. The van der Waals surface area contributed by atoms with Crippen LogP contribution in [-0.4, -0.2) is 32.7 Å². The summed E-state index contributed by atoms with van der Waals surface area (Å²) in [5.74, 6) is 0.317. The van der Waals surface area contributed by atoms with E-state index in [9.17, 15) is 14.9 Å². The number of rotatable bonds is 7. The first kappa shape index (κ1) is 20.0. The number of nitrogens with zero attached hydrogens (tertiary/aromatic N) is 4. The van der Waals surface area contributed by atoms with Crippen LogP contribution >= 0.6 is 0 Å². The van der Waals surface area contributed by atoms with Crippen LogP contribution < -0.4 is 10.1 Å². The Morgan fingerprint density at radius 3 is 2.41 bits per heavy atom. The zero-order valence-corrected chi connectivity index (χ0v) is 16.4. The number of ether oxygens (including phenoxy) is 1. The van der Waals surface area contributed by atoms with E-state index in [0.717, 1.165) is 11.1 Å². The van der Waals surface area contributed by atoms with E-state index < -0.39 is 4.92 Å². The molecule has 0 saturated heterocycles. The third-order valence-electron chi connectivity index (χ3n) is 4.53. The Hall–Kier alpha value is -3.75. The molecule has 1 aromatic carbocycles. The lowest BCUT2D eigenvalue weighted by atomic mass is 10.1. The predicted octanol–water partition coefficient (Wildman–Crippen LogP) is 2.79. The van der Waals surface area contributed by atoms with Crippen molar-refractivity contribution in [2.45, 2.75) is 26.9 Å². The summed E-state index contributed by atoms with van der Waals surface area (Å²) in [6.45, 7) is 4.04. The molecule has 29 heavy (non-hydrogen) atoms. The van der Waals surface area contributed by atoms with Crippen LogP contribution in [-0.2, 0) is 13.1 Å². The molecule has 0 fully saturated rings. The first-order valence-corrected chi connectivity index (χ1v) is 8.93. The molecule has 0 aliphatic heterocycles. The molecule has 2 aromatic heterocycles. The summed E-state index contributed by atoms with van der Waals surface area (Å²) in [7, 11) is 1.55.